The van der Waals surface area contributed by atoms with Gasteiger partial charge >= 0.3 is 5.97 Å². The Hall–Kier alpha value is -2.93. The Labute approximate surface area is 166 Å². The Balaban J connectivity index is 1.42. The fraction of sp³-hybridized carbons (Fsp3) is 0.300. The number of amides is 1. The maximum absolute atomic E-state index is 12.8. The molecule has 0 bridgehead atoms. The second-order valence-corrected chi connectivity index (χ2v) is 7.40. The number of hydrogen-bond donors (Lipinski definition) is 1. The standard InChI is InChI=1S/C20H19ClN4O3/c21-15-9-13-3-1-2-4-17(13)14(10-15)11-19(26)24-7-5-16(6-8-24)25-12-18(20(27)28)22-23-25/h1-4,9-10,12,16H,5-8,11H2,(H,27,28). The second kappa shape index (κ2) is 7.59. The summed E-state index contributed by atoms with van der Waals surface area (Å²) in [6.45, 7) is 1.20. The monoisotopic (exact) mass is 398 g/mol. The van der Waals surface area contributed by atoms with Crippen LogP contribution in [0, 0.1) is 0 Å². The van der Waals surface area contributed by atoms with Crippen molar-refractivity contribution in [3.63, 3.8) is 0 Å². The van der Waals surface area contributed by atoms with Crippen LogP contribution in [0.4, 0.5) is 0 Å². The van der Waals surface area contributed by atoms with Gasteiger partial charge in [0.1, 0.15) is 0 Å². The minimum absolute atomic E-state index is 0.0525. The predicted octanol–water partition coefficient (Wildman–Crippen LogP) is 3.19. The van der Waals surface area contributed by atoms with Crippen molar-refractivity contribution >= 4 is 34.2 Å². The maximum Gasteiger partial charge on any atom is 0.358 e. The molecular weight excluding hydrogens is 380 g/mol. The predicted molar refractivity (Wildman–Crippen MR) is 104 cm³/mol. The molecule has 0 aliphatic carbocycles. The molecule has 3 aromatic rings. The van der Waals surface area contributed by atoms with Crippen molar-refractivity contribution in [2.75, 3.05) is 13.1 Å². The van der Waals surface area contributed by atoms with Crippen LogP contribution in [0.5, 0.6) is 0 Å². The zero-order chi connectivity index (χ0) is 19.7. The van der Waals surface area contributed by atoms with Crippen LogP contribution >= 0.6 is 11.6 Å². The van der Waals surface area contributed by atoms with Crippen molar-refractivity contribution in [2.24, 2.45) is 0 Å². The molecule has 8 heteroatoms. The second-order valence-electron chi connectivity index (χ2n) is 6.96. The van der Waals surface area contributed by atoms with E-state index in [0.29, 0.717) is 37.4 Å². The molecule has 4 rings (SSSR count). The van der Waals surface area contributed by atoms with Crippen LogP contribution in [0.15, 0.2) is 42.6 Å². The first kappa shape index (κ1) is 18.4. The average molecular weight is 399 g/mol. The van der Waals surface area contributed by atoms with Crippen LogP contribution in [0.1, 0.15) is 34.9 Å². The molecule has 2 aromatic carbocycles. The van der Waals surface area contributed by atoms with E-state index >= 15 is 0 Å². The smallest absolute Gasteiger partial charge is 0.358 e. The number of nitrogens with zero attached hydrogens (tertiary/aromatic N) is 4. The van der Waals surface area contributed by atoms with Crippen LogP contribution in [-0.4, -0.2) is 50.0 Å². The van der Waals surface area contributed by atoms with Gasteiger partial charge in [0.2, 0.25) is 5.91 Å². The molecule has 1 saturated heterocycles. The summed E-state index contributed by atoms with van der Waals surface area (Å²) in [5.41, 5.74) is 0.865. The van der Waals surface area contributed by atoms with Gasteiger partial charge in [-0.3, -0.25) is 4.79 Å². The fourth-order valence-corrected chi connectivity index (χ4v) is 3.95. The zero-order valence-electron chi connectivity index (χ0n) is 15.1. The minimum Gasteiger partial charge on any atom is -0.476 e. The average Bonchev–Trinajstić information content (AvgIpc) is 3.18. The van der Waals surface area contributed by atoms with Crippen LogP contribution in [0.25, 0.3) is 10.8 Å². The minimum atomic E-state index is -1.09. The van der Waals surface area contributed by atoms with E-state index in [1.54, 1.807) is 4.68 Å². The van der Waals surface area contributed by atoms with Gasteiger partial charge in [-0.2, -0.15) is 0 Å². The number of carbonyl (C=O) groups is 2. The first-order chi connectivity index (χ1) is 13.5. The fourth-order valence-electron chi connectivity index (χ4n) is 3.70. The molecule has 1 fully saturated rings. The number of piperidine rings is 1. The van der Waals surface area contributed by atoms with Gasteiger partial charge in [-0.05, 0) is 41.3 Å². The number of fused-ring (bicyclic) bond motifs is 1. The third-order valence-electron chi connectivity index (χ3n) is 5.17. The highest BCUT2D eigenvalue weighted by atomic mass is 35.5. The van der Waals surface area contributed by atoms with Crippen LogP contribution < -0.4 is 0 Å². The Bertz CT molecular complexity index is 1040. The number of rotatable bonds is 4. The molecular formula is C20H19ClN4O3. The number of aromatic nitrogens is 3. The highest BCUT2D eigenvalue weighted by molar-refractivity contribution is 6.31. The van der Waals surface area contributed by atoms with Crippen molar-refractivity contribution < 1.29 is 14.7 Å². The largest absolute Gasteiger partial charge is 0.476 e. The van der Waals surface area contributed by atoms with E-state index in [2.05, 4.69) is 10.3 Å². The number of aromatic carboxylic acids is 1. The molecule has 28 heavy (non-hydrogen) atoms. The molecule has 1 N–H and O–H groups in total. The third kappa shape index (κ3) is 3.71. The summed E-state index contributed by atoms with van der Waals surface area (Å²) in [5.74, 6) is -1.02. The van der Waals surface area contributed by atoms with E-state index in [-0.39, 0.29) is 17.6 Å². The van der Waals surface area contributed by atoms with E-state index in [1.165, 1.54) is 6.20 Å². The highest BCUT2D eigenvalue weighted by Gasteiger charge is 2.25. The van der Waals surface area contributed by atoms with Gasteiger partial charge < -0.3 is 10.0 Å². The summed E-state index contributed by atoms with van der Waals surface area (Å²) in [6.07, 6.45) is 3.18. The zero-order valence-corrected chi connectivity index (χ0v) is 15.8. The first-order valence-corrected chi connectivity index (χ1v) is 9.49. The maximum atomic E-state index is 12.8. The molecule has 1 aliphatic heterocycles. The summed E-state index contributed by atoms with van der Waals surface area (Å²) < 4.78 is 1.59. The van der Waals surface area contributed by atoms with Crippen LogP contribution in [0.3, 0.4) is 0 Å². The Morgan fingerprint density at radius 3 is 2.64 bits per heavy atom. The molecule has 0 spiro atoms. The molecule has 0 saturated carbocycles. The summed E-state index contributed by atoms with van der Waals surface area (Å²) in [7, 11) is 0. The number of carboxylic acids is 1. The normalized spacial score (nSPS) is 15.1. The summed E-state index contributed by atoms with van der Waals surface area (Å²) in [4.78, 5) is 25.6. The van der Waals surface area contributed by atoms with E-state index in [0.717, 1.165) is 16.3 Å². The number of benzene rings is 2. The molecule has 2 heterocycles. The van der Waals surface area contributed by atoms with Gasteiger partial charge in [-0.15, -0.1) is 5.10 Å². The number of likely N-dealkylation sites (tertiary alicyclic amines) is 1. The molecule has 0 unspecified atom stereocenters. The van der Waals surface area contributed by atoms with E-state index in [9.17, 15) is 9.59 Å². The lowest BCUT2D eigenvalue weighted by Crippen LogP contribution is -2.40. The van der Waals surface area contributed by atoms with Crippen molar-refractivity contribution in [3.8, 4) is 0 Å². The SMILES string of the molecule is O=C(O)c1cn(C2CCN(C(=O)Cc3cc(Cl)cc4ccccc34)CC2)nn1. The summed E-state index contributed by atoms with van der Waals surface area (Å²) >= 11 is 6.22. The third-order valence-corrected chi connectivity index (χ3v) is 5.39. The summed E-state index contributed by atoms with van der Waals surface area (Å²) in [5, 5.41) is 19.2. The van der Waals surface area contributed by atoms with Crippen molar-refractivity contribution in [2.45, 2.75) is 25.3 Å². The molecule has 1 amide bonds. The lowest BCUT2D eigenvalue weighted by molar-refractivity contribution is -0.131. The molecule has 7 nitrogen and oxygen atoms in total. The van der Waals surface area contributed by atoms with Gasteiger partial charge in [0.15, 0.2) is 5.69 Å². The highest BCUT2D eigenvalue weighted by Crippen LogP contribution is 2.26. The molecule has 0 atom stereocenters. The topological polar surface area (TPSA) is 88.3 Å². The van der Waals surface area contributed by atoms with Crippen molar-refractivity contribution in [3.05, 3.63) is 58.9 Å². The quantitative estimate of drug-likeness (QED) is 0.729. The van der Waals surface area contributed by atoms with Gasteiger partial charge in [0.25, 0.3) is 0 Å². The molecule has 1 aromatic heterocycles. The number of carboxylic acid groups (broad SMARTS) is 1. The molecule has 1 aliphatic rings. The number of hydrogen-bond acceptors (Lipinski definition) is 4. The Kier molecular flexibility index (Phi) is 5.00. The van der Waals surface area contributed by atoms with E-state index in [1.807, 2.05) is 41.3 Å². The van der Waals surface area contributed by atoms with E-state index in [4.69, 9.17) is 16.7 Å². The van der Waals surface area contributed by atoms with Crippen molar-refractivity contribution in [1.29, 1.82) is 0 Å². The lowest BCUT2D eigenvalue weighted by atomic mass is 10.00. The number of carbonyl (C=O) groups excluding carboxylic acids is 1. The number of halogens is 1. The molecule has 144 valence electrons. The van der Waals surface area contributed by atoms with Crippen molar-refractivity contribution in [1.82, 2.24) is 19.9 Å². The van der Waals surface area contributed by atoms with Gasteiger partial charge in [-0.25, -0.2) is 9.48 Å². The van der Waals surface area contributed by atoms with Gasteiger partial charge in [0, 0.05) is 18.1 Å². The van der Waals surface area contributed by atoms with Gasteiger partial charge in [0.05, 0.1) is 18.7 Å². The van der Waals surface area contributed by atoms with E-state index < -0.39 is 5.97 Å². The first-order valence-electron chi connectivity index (χ1n) is 9.11. The Morgan fingerprint density at radius 1 is 1.18 bits per heavy atom. The van der Waals surface area contributed by atoms with Crippen LogP contribution in [0.2, 0.25) is 5.02 Å². The van der Waals surface area contributed by atoms with Gasteiger partial charge in [-0.1, -0.05) is 41.1 Å². The summed E-state index contributed by atoms with van der Waals surface area (Å²) in [6, 6.07) is 11.7. The van der Waals surface area contributed by atoms with Crippen LogP contribution in [-0.2, 0) is 11.2 Å². The molecule has 0 radical (unpaired) electrons. The lowest BCUT2D eigenvalue weighted by Gasteiger charge is -2.32. The Morgan fingerprint density at radius 2 is 1.93 bits per heavy atom.